The standard InChI is InChI=1S/C17H22N6O2/c1-13(17(25)22-9-3-2-4-10-22)19-16(24)11-14-5-7-15(8-6-14)23-12-18-20-21-23/h5-8,12-13H,2-4,9-11H2,1H3,(H,19,24). The van der Waals surface area contributed by atoms with E-state index in [0.29, 0.717) is 0 Å². The molecule has 25 heavy (non-hydrogen) atoms. The van der Waals surface area contributed by atoms with Crippen LogP contribution in [-0.2, 0) is 16.0 Å². The van der Waals surface area contributed by atoms with Gasteiger partial charge in [0.05, 0.1) is 12.1 Å². The SMILES string of the molecule is CC(NC(=O)Cc1ccc(-n2cnnn2)cc1)C(=O)N1CCCCC1. The Kier molecular flexibility index (Phi) is 5.37. The van der Waals surface area contributed by atoms with Crippen LogP contribution in [0.15, 0.2) is 30.6 Å². The fourth-order valence-corrected chi connectivity index (χ4v) is 2.97. The molecule has 1 aromatic carbocycles. The van der Waals surface area contributed by atoms with Crippen LogP contribution in [0.25, 0.3) is 5.69 Å². The number of hydrogen-bond acceptors (Lipinski definition) is 5. The zero-order valence-electron chi connectivity index (χ0n) is 14.3. The third kappa shape index (κ3) is 4.40. The molecule has 8 nitrogen and oxygen atoms in total. The second-order valence-electron chi connectivity index (χ2n) is 6.27. The summed E-state index contributed by atoms with van der Waals surface area (Å²) >= 11 is 0. The van der Waals surface area contributed by atoms with Gasteiger partial charge in [-0.05, 0) is 54.3 Å². The van der Waals surface area contributed by atoms with Gasteiger partial charge < -0.3 is 10.2 Å². The van der Waals surface area contributed by atoms with Gasteiger partial charge in [0.2, 0.25) is 11.8 Å². The first kappa shape index (κ1) is 17.1. The largest absolute Gasteiger partial charge is 0.344 e. The number of amides is 2. The molecule has 1 unspecified atom stereocenters. The molecule has 1 atom stereocenters. The predicted octanol–water partition coefficient (Wildman–Crippen LogP) is 0.722. The monoisotopic (exact) mass is 342 g/mol. The second-order valence-corrected chi connectivity index (χ2v) is 6.27. The fraction of sp³-hybridized carbons (Fsp3) is 0.471. The molecule has 1 N–H and O–H groups in total. The first-order chi connectivity index (χ1) is 12.1. The second kappa shape index (κ2) is 7.87. The Hall–Kier alpha value is -2.77. The Morgan fingerprint density at radius 1 is 1.16 bits per heavy atom. The molecule has 2 amide bonds. The number of piperidine rings is 1. The van der Waals surface area contributed by atoms with E-state index in [1.165, 1.54) is 12.7 Å². The molecule has 3 rings (SSSR count). The minimum absolute atomic E-state index is 0.00193. The number of benzene rings is 1. The Labute approximate surface area is 146 Å². The first-order valence-electron chi connectivity index (χ1n) is 8.54. The van der Waals surface area contributed by atoms with Gasteiger partial charge in [-0.1, -0.05) is 12.1 Å². The Morgan fingerprint density at radius 3 is 2.52 bits per heavy atom. The molecule has 0 aliphatic carbocycles. The van der Waals surface area contributed by atoms with Gasteiger partial charge in [0, 0.05) is 13.1 Å². The molecule has 1 aliphatic heterocycles. The Balaban J connectivity index is 1.52. The summed E-state index contributed by atoms with van der Waals surface area (Å²) in [4.78, 5) is 26.4. The lowest BCUT2D eigenvalue weighted by atomic mass is 10.1. The van der Waals surface area contributed by atoms with Crippen LogP contribution in [-0.4, -0.2) is 56.1 Å². The quantitative estimate of drug-likeness (QED) is 0.864. The number of aromatic nitrogens is 4. The highest BCUT2D eigenvalue weighted by molar-refractivity contribution is 5.88. The Bertz CT molecular complexity index is 707. The van der Waals surface area contributed by atoms with Crippen LogP contribution in [0.5, 0.6) is 0 Å². The molecule has 1 aromatic heterocycles. The molecule has 0 radical (unpaired) electrons. The van der Waals surface area contributed by atoms with Crippen molar-refractivity contribution >= 4 is 11.8 Å². The van der Waals surface area contributed by atoms with E-state index >= 15 is 0 Å². The summed E-state index contributed by atoms with van der Waals surface area (Å²) in [6, 6.07) is 6.91. The lowest BCUT2D eigenvalue weighted by Gasteiger charge is -2.29. The third-order valence-corrected chi connectivity index (χ3v) is 4.33. The molecule has 1 aliphatic rings. The van der Waals surface area contributed by atoms with E-state index in [1.807, 2.05) is 29.2 Å². The highest BCUT2D eigenvalue weighted by atomic mass is 16.2. The lowest BCUT2D eigenvalue weighted by Crippen LogP contribution is -2.48. The molecule has 0 bridgehead atoms. The molecule has 1 saturated heterocycles. The van der Waals surface area contributed by atoms with Crippen LogP contribution in [0, 0.1) is 0 Å². The number of carbonyl (C=O) groups is 2. The van der Waals surface area contributed by atoms with Crippen molar-refractivity contribution in [1.82, 2.24) is 30.4 Å². The molecule has 1 fully saturated rings. The van der Waals surface area contributed by atoms with Crippen molar-refractivity contribution in [2.24, 2.45) is 0 Å². The van der Waals surface area contributed by atoms with Crippen LogP contribution in [0.1, 0.15) is 31.7 Å². The highest BCUT2D eigenvalue weighted by Gasteiger charge is 2.23. The van der Waals surface area contributed by atoms with Gasteiger partial charge >= 0.3 is 0 Å². The number of nitrogens with one attached hydrogen (secondary N) is 1. The maximum Gasteiger partial charge on any atom is 0.244 e. The smallest absolute Gasteiger partial charge is 0.244 e. The van der Waals surface area contributed by atoms with Crippen LogP contribution in [0.2, 0.25) is 0 Å². The molecule has 2 aromatic rings. The molecular weight excluding hydrogens is 320 g/mol. The summed E-state index contributed by atoms with van der Waals surface area (Å²) in [5.41, 5.74) is 1.69. The van der Waals surface area contributed by atoms with Gasteiger partial charge in [-0.2, -0.15) is 0 Å². The topological polar surface area (TPSA) is 93.0 Å². The minimum atomic E-state index is -0.494. The van der Waals surface area contributed by atoms with Gasteiger partial charge in [-0.25, -0.2) is 4.68 Å². The molecular formula is C17H22N6O2. The number of tetrazole rings is 1. The van der Waals surface area contributed by atoms with Crippen LogP contribution in [0.4, 0.5) is 0 Å². The summed E-state index contributed by atoms with van der Waals surface area (Å²) in [5.74, 6) is -0.157. The van der Waals surface area contributed by atoms with E-state index in [1.54, 1.807) is 11.6 Å². The number of carbonyl (C=O) groups excluding carboxylic acids is 2. The number of nitrogens with zero attached hydrogens (tertiary/aromatic N) is 5. The molecule has 8 heteroatoms. The van der Waals surface area contributed by atoms with E-state index in [9.17, 15) is 9.59 Å². The third-order valence-electron chi connectivity index (χ3n) is 4.33. The summed E-state index contributed by atoms with van der Waals surface area (Å²) in [7, 11) is 0. The van der Waals surface area contributed by atoms with Crippen molar-refractivity contribution in [2.75, 3.05) is 13.1 Å². The maximum atomic E-state index is 12.4. The normalized spacial score (nSPS) is 15.6. The Morgan fingerprint density at radius 2 is 1.88 bits per heavy atom. The zero-order chi connectivity index (χ0) is 17.6. The summed E-state index contributed by atoms with van der Waals surface area (Å²) in [5, 5.41) is 13.8. The van der Waals surface area contributed by atoms with Crippen molar-refractivity contribution in [3.05, 3.63) is 36.2 Å². The van der Waals surface area contributed by atoms with Crippen molar-refractivity contribution < 1.29 is 9.59 Å². The zero-order valence-corrected chi connectivity index (χ0v) is 14.3. The van der Waals surface area contributed by atoms with Crippen LogP contribution >= 0.6 is 0 Å². The highest BCUT2D eigenvalue weighted by Crippen LogP contribution is 2.11. The first-order valence-corrected chi connectivity index (χ1v) is 8.54. The molecule has 0 spiro atoms. The lowest BCUT2D eigenvalue weighted by molar-refractivity contribution is -0.136. The van der Waals surface area contributed by atoms with E-state index in [-0.39, 0.29) is 18.2 Å². The van der Waals surface area contributed by atoms with Gasteiger partial charge in [0.15, 0.2) is 0 Å². The predicted molar refractivity (Wildman–Crippen MR) is 90.9 cm³/mol. The van der Waals surface area contributed by atoms with Crippen molar-refractivity contribution in [1.29, 1.82) is 0 Å². The number of likely N-dealkylation sites (tertiary alicyclic amines) is 1. The van der Waals surface area contributed by atoms with E-state index in [0.717, 1.165) is 37.2 Å². The fourth-order valence-electron chi connectivity index (χ4n) is 2.97. The van der Waals surface area contributed by atoms with Crippen molar-refractivity contribution in [3.63, 3.8) is 0 Å². The van der Waals surface area contributed by atoms with E-state index in [2.05, 4.69) is 20.8 Å². The van der Waals surface area contributed by atoms with Gasteiger partial charge in [0.25, 0.3) is 0 Å². The van der Waals surface area contributed by atoms with Crippen LogP contribution in [0.3, 0.4) is 0 Å². The van der Waals surface area contributed by atoms with Gasteiger partial charge in [-0.15, -0.1) is 5.10 Å². The maximum absolute atomic E-state index is 12.4. The van der Waals surface area contributed by atoms with Gasteiger partial charge in [0.1, 0.15) is 12.4 Å². The van der Waals surface area contributed by atoms with E-state index in [4.69, 9.17) is 0 Å². The average Bonchev–Trinajstić information content (AvgIpc) is 3.17. The van der Waals surface area contributed by atoms with Crippen molar-refractivity contribution in [3.8, 4) is 5.69 Å². The minimum Gasteiger partial charge on any atom is -0.344 e. The van der Waals surface area contributed by atoms with E-state index < -0.39 is 6.04 Å². The summed E-state index contributed by atoms with van der Waals surface area (Å²) in [6.45, 7) is 3.32. The average molecular weight is 342 g/mol. The molecule has 132 valence electrons. The van der Waals surface area contributed by atoms with Crippen LogP contribution < -0.4 is 5.32 Å². The van der Waals surface area contributed by atoms with Crippen molar-refractivity contribution in [2.45, 2.75) is 38.6 Å². The number of rotatable bonds is 5. The molecule has 0 saturated carbocycles. The summed E-state index contributed by atoms with van der Waals surface area (Å²) in [6.07, 6.45) is 4.99. The number of hydrogen-bond donors (Lipinski definition) is 1. The van der Waals surface area contributed by atoms with Gasteiger partial charge in [-0.3, -0.25) is 9.59 Å². The summed E-state index contributed by atoms with van der Waals surface area (Å²) < 4.78 is 1.54. The molecule has 2 heterocycles.